The van der Waals surface area contributed by atoms with E-state index in [0.717, 1.165) is 35.0 Å². The van der Waals surface area contributed by atoms with E-state index in [2.05, 4.69) is 15.9 Å². The molecule has 1 aromatic rings. The third-order valence-corrected chi connectivity index (χ3v) is 4.24. The van der Waals surface area contributed by atoms with Crippen LogP contribution in [0.3, 0.4) is 0 Å². The first kappa shape index (κ1) is 14.5. The zero-order valence-electron chi connectivity index (χ0n) is 11.6. The number of benzene rings is 1. The Hall–Kier alpha value is -0.870. The Bertz CT molecular complexity index is 493. The van der Waals surface area contributed by atoms with Crippen LogP contribution >= 0.6 is 15.9 Å². The summed E-state index contributed by atoms with van der Waals surface area (Å²) in [6.45, 7) is 6.21. The molecule has 1 aromatic carbocycles. The van der Waals surface area contributed by atoms with Gasteiger partial charge in [-0.15, -0.1) is 0 Å². The average Bonchev–Trinajstić information content (AvgIpc) is 2.76. The molecule has 0 aliphatic carbocycles. The van der Waals surface area contributed by atoms with Gasteiger partial charge in [0.05, 0.1) is 11.6 Å². The van der Waals surface area contributed by atoms with E-state index in [1.807, 2.05) is 30.0 Å². The smallest absolute Gasteiger partial charge is 0.254 e. The molecule has 1 aliphatic heterocycles. The largest absolute Gasteiger partial charge is 0.388 e. The fraction of sp³-hybridized carbons (Fsp3) is 0.533. The van der Waals surface area contributed by atoms with Crippen LogP contribution in [0.2, 0.25) is 0 Å². The van der Waals surface area contributed by atoms with Gasteiger partial charge in [-0.1, -0.05) is 15.9 Å². The number of aliphatic hydroxyl groups is 1. The lowest BCUT2D eigenvalue weighted by molar-refractivity contribution is 0.000303. The molecule has 0 bridgehead atoms. The lowest BCUT2D eigenvalue weighted by atomic mass is 9.96. The molecular formula is C15H20BrNO2. The molecule has 2 rings (SSSR count). The Labute approximate surface area is 122 Å². The number of carbonyl (C=O) groups is 1. The van der Waals surface area contributed by atoms with Crippen LogP contribution in [0.5, 0.6) is 0 Å². The van der Waals surface area contributed by atoms with E-state index >= 15 is 0 Å². The van der Waals surface area contributed by atoms with Gasteiger partial charge in [-0.3, -0.25) is 4.79 Å². The number of nitrogens with zero attached hydrogens (tertiary/aromatic N) is 1. The van der Waals surface area contributed by atoms with Crippen LogP contribution in [-0.2, 0) is 0 Å². The highest BCUT2D eigenvalue weighted by atomic mass is 79.9. The molecule has 1 heterocycles. The van der Waals surface area contributed by atoms with Crippen molar-refractivity contribution in [2.45, 2.75) is 45.3 Å². The van der Waals surface area contributed by atoms with E-state index in [9.17, 15) is 9.90 Å². The van der Waals surface area contributed by atoms with Crippen molar-refractivity contribution in [1.82, 2.24) is 4.90 Å². The normalized spacial score (nSPS) is 19.8. The molecule has 1 amide bonds. The van der Waals surface area contributed by atoms with Gasteiger partial charge in [0.15, 0.2) is 0 Å². The van der Waals surface area contributed by atoms with Crippen molar-refractivity contribution in [3.8, 4) is 0 Å². The highest BCUT2D eigenvalue weighted by Crippen LogP contribution is 2.29. The van der Waals surface area contributed by atoms with Crippen LogP contribution in [0, 0.1) is 6.92 Å². The third kappa shape index (κ3) is 3.00. The molecule has 0 radical (unpaired) electrons. The minimum Gasteiger partial charge on any atom is -0.388 e. The van der Waals surface area contributed by atoms with E-state index in [4.69, 9.17) is 0 Å². The van der Waals surface area contributed by atoms with Crippen molar-refractivity contribution in [3.05, 3.63) is 33.8 Å². The van der Waals surface area contributed by atoms with Crippen LogP contribution in [0.4, 0.5) is 0 Å². The van der Waals surface area contributed by atoms with Crippen LogP contribution in [0.15, 0.2) is 22.7 Å². The number of amides is 1. The molecule has 104 valence electrons. The Balaban J connectivity index is 2.28. The van der Waals surface area contributed by atoms with E-state index in [1.165, 1.54) is 0 Å². The van der Waals surface area contributed by atoms with Crippen LogP contribution < -0.4 is 0 Å². The number of carbonyl (C=O) groups excluding carboxylic acids is 1. The van der Waals surface area contributed by atoms with Crippen molar-refractivity contribution >= 4 is 21.8 Å². The highest BCUT2D eigenvalue weighted by molar-refractivity contribution is 9.10. The lowest BCUT2D eigenvalue weighted by Gasteiger charge is -2.34. The molecule has 1 unspecified atom stereocenters. The van der Waals surface area contributed by atoms with E-state index in [1.54, 1.807) is 13.8 Å². The maximum Gasteiger partial charge on any atom is 0.254 e. The number of likely N-dealkylation sites (tertiary alicyclic amines) is 1. The third-order valence-electron chi connectivity index (χ3n) is 3.75. The second kappa shape index (κ2) is 5.25. The highest BCUT2D eigenvalue weighted by Gasteiger charge is 2.38. The minimum absolute atomic E-state index is 0.0228. The number of hydrogen-bond acceptors (Lipinski definition) is 2. The van der Waals surface area contributed by atoms with Gasteiger partial charge < -0.3 is 10.0 Å². The van der Waals surface area contributed by atoms with Crippen molar-refractivity contribution in [2.75, 3.05) is 6.54 Å². The lowest BCUT2D eigenvalue weighted by Crippen LogP contribution is -2.48. The summed E-state index contributed by atoms with van der Waals surface area (Å²) in [5.74, 6) is 0.0228. The molecule has 1 aliphatic rings. The molecule has 1 saturated heterocycles. The summed E-state index contributed by atoms with van der Waals surface area (Å²) in [7, 11) is 0. The van der Waals surface area contributed by atoms with Gasteiger partial charge in [0.2, 0.25) is 0 Å². The van der Waals surface area contributed by atoms with Gasteiger partial charge in [0, 0.05) is 16.6 Å². The number of rotatable bonds is 2. The maximum absolute atomic E-state index is 12.6. The first-order valence-corrected chi connectivity index (χ1v) is 7.39. The Morgan fingerprint density at radius 1 is 1.47 bits per heavy atom. The van der Waals surface area contributed by atoms with Crippen molar-refractivity contribution in [3.63, 3.8) is 0 Å². The molecule has 1 N–H and O–H groups in total. The number of hydrogen-bond donors (Lipinski definition) is 1. The Morgan fingerprint density at radius 3 is 2.74 bits per heavy atom. The SMILES string of the molecule is Cc1cc(Br)ccc1C(=O)N1CCCC1C(C)(C)O. The second-order valence-electron chi connectivity index (χ2n) is 5.77. The quantitative estimate of drug-likeness (QED) is 0.907. The zero-order chi connectivity index (χ0) is 14.2. The van der Waals surface area contributed by atoms with Crippen molar-refractivity contribution < 1.29 is 9.90 Å². The standard InChI is InChI=1S/C15H20BrNO2/c1-10-9-11(16)6-7-12(10)14(18)17-8-4-5-13(17)15(2,3)19/h6-7,9,13,19H,4-5,8H2,1-3H3. The predicted molar refractivity (Wildman–Crippen MR) is 79.2 cm³/mol. The van der Waals surface area contributed by atoms with Gasteiger partial charge in [-0.05, 0) is 57.4 Å². The minimum atomic E-state index is -0.852. The van der Waals surface area contributed by atoms with Gasteiger partial charge in [0.25, 0.3) is 5.91 Å². The molecule has 1 atom stereocenters. The first-order chi connectivity index (χ1) is 8.80. The fourth-order valence-electron chi connectivity index (χ4n) is 2.77. The van der Waals surface area contributed by atoms with Crippen LogP contribution in [-0.4, -0.2) is 34.1 Å². The summed E-state index contributed by atoms with van der Waals surface area (Å²) >= 11 is 3.41. The number of halogens is 1. The van der Waals surface area contributed by atoms with Crippen molar-refractivity contribution in [2.24, 2.45) is 0 Å². The van der Waals surface area contributed by atoms with Crippen LogP contribution in [0.25, 0.3) is 0 Å². The molecular weight excluding hydrogens is 306 g/mol. The van der Waals surface area contributed by atoms with Crippen molar-refractivity contribution in [1.29, 1.82) is 0 Å². The molecule has 0 spiro atoms. The molecule has 3 nitrogen and oxygen atoms in total. The predicted octanol–water partition coefficient (Wildman–Crippen LogP) is 3.13. The summed E-state index contributed by atoms with van der Waals surface area (Å²) in [6.07, 6.45) is 1.82. The summed E-state index contributed by atoms with van der Waals surface area (Å²) in [5.41, 5.74) is 0.829. The molecule has 0 aromatic heterocycles. The van der Waals surface area contributed by atoms with E-state index in [-0.39, 0.29) is 11.9 Å². The molecule has 0 saturated carbocycles. The van der Waals surface area contributed by atoms with Gasteiger partial charge >= 0.3 is 0 Å². The second-order valence-corrected chi connectivity index (χ2v) is 6.69. The summed E-state index contributed by atoms with van der Waals surface area (Å²) in [5, 5.41) is 10.2. The topological polar surface area (TPSA) is 40.5 Å². The maximum atomic E-state index is 12.6. The summed E-state index contributed by atoms with van der Waals surface area (Å²) in [6, 6.07) is 5.59. The average molecular weight is 326 g/mol. The Morgan fingerprint density at radius 2 is 2.16 bits per heavy atom. The molecule has 1 fully saturated rings. The van der Waals surface area contributed by atoms with Crippen LogP contribution in [0.1, 0.15) is 42.6 Å². The molecule has 4 heteroatoms. The number of aryl methyl sites for hydroxylation is 1. The van der Waals surface area contributed by atoms with Gasteiger partial charge in [-0.2, -0.15) is 0 Å². The van der Waals surface area contributed by atoms with Gasteiger partial charge in [0.1, 0.15) is 0 Å². The zero-order valence-corrected chi connectivity index (χ0v) is 13.2. The molecule has 19 heavy (non-hydrogen) atoms. The Kier molecular flexibility index (Phi) is 4.02. The monoisotopic (exact) mass is 325 g/mol. The van der Waals surface area contributed by atoms with E-state index < -0.39 is 5.60 Å². The van der Waals surface area contributed by atoms with Gasteiger partial charge in [-0.25, -0.2) is 0 Å². The summed E-state index contributed by atoms with van der Waals surface area (Å²) in [4.78, 5) is 14.5. The summed E-state index contributed by atoms with van der Waals surface area (Å²) < 4.78 is 0.974. The first-order valence-electron chi connectivity index (χ1n) is 6.60. The van der Waals surface area contributed by atoms with E-state index in [0.29, 0.717) is 0 Å². The fourth-order valence-corrected chi connectivity index (χ4v) is 3.24.